The molecule has 1 saturated carbocycles. The molecular formula is C14H25NO2. The third kappa shape index (κ3) is 3.70. The molecule has 0 spiro atoms. The maximum absolute atomic E-state index is 11.6. The number of hydrogen-bond donors (Lipinski definition) is 0. The minimum Gasteiger partial charge on any atom is -0.469 e. The molecule has 0 radical (unpaired) electrons. The summed E-state index contributed by atoms with van der Waals surface area (Å²) < 4.78 is 4.86. The predicted octanol–water partition coefficient (Wildman–Crippen LogP) is 2.45. The molecule has 1 heterocycles. The van der Waals surface area contributed by atoms with Crippen LogP contribution in [0.25, 0.3) is 0 Å². The third-order valence-corrected chi connectivity index (χ3v) is 4.28. The molecule has 0 aromatic carbocycles. The fourth-order valence-corrected chi connectivity index (χ4v) is 3.32. The smallest absolute Gasteiger partial charge is 0.309 e. The zero-order valence-electron chi connectivity index (χ0n) is 11.0. The van der Waals surface area contributed by atoms with Crippen LogP contribution in [0.15, 0.2) is 0 Å². The Hall–Kier alpha value is -0.570. The predicted molar refractivity (Wildman–Crippen MR) is 67.8 cm³/mol. The second kappa shape index (κ2) is 6.39. The summed E-state index contributed by atoms with van der Waals surface area (Å²) in [4.78, 5) is 14.0. The largest absolute Gasteiger partial charge is 0.469 e. The van der Waals surface area contributed by atoms with E-state index in [0.29, 0.717) is 0 Å². The van der Waals surface area contributed by atoms with E-state index in [0.717, 1.165) is 25.3 Å². The van der Waals surface area contributed by atoms with E-state index in [1.807, 2.05) is 0 Å². The number of carbonyl (C=O) groups is 1. The average molecular weight is 239 g/mol. The summed E-state index contributed by atoms with van der Waals surface area (Å²) in [5.74, 6) is 0.982. The van der Waals surface area contributed by atoms with Crippen molar-refractivity contribution in [3.63, 3.8) is 0 Å². The molecule has 17 heavy (non-hydrogen) atoms. The lowest BCUT2D eigenvalue weighted by Gasteiger charge is -2.35. The first-order chi connectivity index (χ1) is 8.29. The fraction of sp³-hybridized carbons (Fsp3) is 0.929. The van der Waals surface area contributed by atoms with Crippen molar-refractivity contribution < 1.29 is 9.53 Å². The molecule has 0 aromatic heterocycles. The van der Waals surface area contributed by atoms with Crippen molar-refractivity contribution in [1.29, 1.82) is 0 Å². The molecule has 0 aromatic rings. The van der Waals surface area contributed by atoms with E-state index in [1.165, 1.54) is 52.3 Å². The lowest BCUT2D eigenvalue weighted by atomic mass is 9.88. The molecule has 1 aliphatic heterocycles. The van der Waals surface area contributed by atoms with Gasteiger partial charge in [-0.25, -0.2) is 0 Å². The summed E-state index contributed by atoms with van der Waals surface area (Å²) in [6, 6.07) is 0. The summed E-state index contributed by atoms with van der Waals surface area (Å²) in [7, 11) is 1.50. The zero-order valence-corrected chi connectivity index (χ0v) is 11.0. The number of nitrogens with zero attached hydrogens (tertiary/aromatic N) is 1. The van der Waals surface area contributed by atoms with Crippen molar-refractivity contribution >= 4 is 5.97 Å². The second-order valence-corrected chi connectivity index (χ2v) is 5.63. The number of hydrogen-bond acceptors (Lipinski definition) is 3. The van der Waals surface area contributed by atoms with Crippen molar-refractivity contribution in [3.05, 3.63) is 0 Å². The molecule has 2 aliphatic rings. The zero-order chi connectivity index (χ0) is 12.1. The van der Waals surface area contributed by atoms with Gasteiger partial charge < -0.3 is 9.64 Å². The van der Waals surface area contributed by atoms with Gasteiger partial charge in [-0.05, 0) is 38.1 Å². The molecule has 0 N–H and O–H groups in total. The summed E-state index contributed by atoms with van der Waals surface area (Å²) >= 11 is 0. The Labute approximate surface area is 105 Å². The third-order valence-electron chi connectivity index (χ3n) is 4.28. The molecule has 0 bridgehead atoms. The number of likely N-dealkylation sites (tertiary alicyclic amines) is 1. The molecule has 2 rings (SSSR count). The van der Waals surface area contributed by atoms with Crippen molar-refractivity contribution in [2.45, 2.75) is 44.9 Å². The average Bonchev–Trinajstić information content (AvgIpc) is 2.39. The Morgan fingerprint density at radius 3 is 2.65 bits per heavy atom. The summed E-state index contributed by atoms with van der Waals surface area (Å²) in [6.45, 7) is 3.29. The van der Waals surface area contributed by atoms with Gasteiger partial charge in [-0.2, -0.15) is 0 Å². The number of rotatable bonds is 3. The Kier molecular flexibility index (Phi) is 4.84. The number of piperidine rings is 1. The second-order valence-electron chi connectivity index (χ2n) is 5.63. The number of carbonyl (C=O) groups excluding carboxylic acids is 1. The number of esters is 1. The monoisotopic (exact) mass is 239 g/mol. The molecular weight excluding hydrogens is 214 g/mol. The van der Waals surface area contributed by atoms with E-state index in [9.17, 15) is 4.79 Å². The molecule has 1 unspecified atom stereocenters. The van der Waals surface area contributed by atoms with Gasteiger partial charge in [0.05, 0.1) is 13.0 Å². The molecule has 1 atom stereocenters. The van der Waals surface area contributed by atoms with Gasteiger partial charge in [0.15, 0.2) is 0 Å². The van der Waals surface area contributed by atoms with Crippen LogP contribution >= 0.6 is 0 Å². The van der Waals surface area contributed by atoms with Crippen molar-refractivity contribution in [3.8, 4) is 0 Å². The van der Waals surface area contributed by atoms with Crippen LogP contribution in [-0.2, 0) is 9.53 Å². The normalized spacial score (nSPS) is 27.9. The highest BCUT2D eigenvalue weighted by Crippen LogP contribution is 2.26. The Morgan fingerprint density at radius 1 is 1.18 bits per heavy atom. The number of ether oxygens (including phenoxy) is 1. The van der Waals surface area contributed by atoms with E-state index in [4.69, 9.17) is 4.74 Å². The van der Waals surface area contributed by atoms with Crippen LogP contribution < -0.4 is 0 Å². The van der Waals surface area contributed by atoms with Crippen LogP contribution in [0, 0.1) is 11.8 Å². The topological polar surface area (TPSA) is 29.5 Å². The van der Waals surface area contributed by atoms with Gasteiger partial charge >= 0.3 is 5.97 Å². The van der Waals surface area contributed by atoms with Gasteiger partial charge in [0, 0.05) is 13.1 Å². The SMILES string of the molecule is COC(=O)C1CCCN(CC2CCCCC2)C1. The molecule has 2 fully saturated rings. The van der Waals surface area contributed by atoms with E-state index >= 15 is 0 Å². The van der Waals surface area contributed by atoms with E-state index in [-0.39, 0.29) is 11.9 Å². The molecule has 1 aliphatic carbocycles. The molecule has 3 nitrogen and oxygen atoms in total. The fourth-order valence-electron chi connectivity index (χ4n) is 3.32. The molecule has 0 amide bonds. The maximum Gasteiger partial charge on any atom is 0.309 e. The van der Waals surface area contributed by atoms with Crippen LogP contribution in [0.3, 0.4) is 0 Å². The molecule has 1 saturated heterocycles. The quantitative estimate of drug-likeness (QED) is 0.709. The van der Waals surface area contributed by atoms with Crippen molar-refractivity contribution in [2.75, 3.05) is 26.7 Å². The van der Waals surface area contributed by atoms with Gasteiger partial charge in [0.1, 0.15) is 0 Å². The summed E-state index contributed by atoms with van der Waals surface area (Å²) in [5, 5.41) is 0. The van der Waals surface area contributed by atoms with Crippen LogP contribution in [0.4, 0.5) is 0 Å². The molecule has 98 valence electrons. The lowest BCUT2D eigenvalue weighted by Crippen LogP contribution is -2.41. The maximum atomic E-state index is 11.6. The van der Waals surface area contributed by atoms with Crippen LogP contribution in [-0.4, -0.2) is 37.6 Å². The highest BCUT2D eigenvalue weighted by Gasteiger charge is 2.27. The first kappa shape index (κ1) is 12.9. The van der Waals surface area contributed by atoms with Crippen LogP contribution in [0.5, 0.6) is 0 Å². The van der Waals surface area contributed by atoms with Crippen molar-refractivity contribution in [2.24, 2.45) is 11.8 Å². The van der Waals surface area contributed by atoms with Crippen molar-refractivity contribution in [1.82, 2.24) is 4.90 Å². The first-order valence-corrected chi connectivity index (χ1v) is 7.10. The van der Waals surface area contributed by atoms with Crippen LogP contribution in [0.2, 0.25) is 0 Å². The Balaban J connectivity index is 1.78. The van der Waals surface area contributed by atoms with Gasteiger partial charge in [-0.3, -0.25) is 4.79 Å². The lowest BCUT2D eigenvalue weighted by molar-refractivity contribution is -0.147. The number of methoxy groups -OCH3 is 1. The first-order valence-electron chi connectivity index (χ1n) is 7.10. The standard InChI is InChI=1S/C14H25NO2/c1-17-14(16)13-8-5-9-15(11-13)10-12-6-3-2-4-7-12/h12-13H,2-11H2,1H3. The molecule has 3 heteroatoms. The highest BCUT2D eigenvalue weighted by molar-refractivity contribution is 5.72. The van der Waals surface area contributed by atoms with E-state index in [1.54, 1.807) is 0 Å². The summed E-state index contributed by atoms with van der Waals surface area (Å²) in [6.07, 6.45) is 9.15. The minimum absolute atomic E-state index is 0.0154. The van der Waals surface area contributed by atoms with E-state index < -0.39 is 0 Å². The van der Waals surface area contributed by atoms with Crippen LogP contribution in [0.1, 0.15) is 44.9 Å². The minimum atomic E-state index is -0.0154. The summed E-state index contributed by atoms with van der Waals surface area (Å²) in [5.41, 5.74) is 0. The van der Waals surface area contributed by atoms with Gasteiger partial charge in [-0.15, -0.1) is 0 Å². The highest BCUT2D eigenvalue weighted by atomic mass is 16.5. The van der Waals surface area contributed by atoms with Gasteiger partial charge in [0.2, 0.25) is 0 Å². The van der Waals surface area contributed by atoms with Gasteiger partial charge in [-0.1, -0.05) is 19.3 Å². The Bertz CT molecular complexity index is 249. The van der Waals surface area contributed by atoms with E-state index in [2.05, 4.69) is 4.90 Å². The van der Waals surface area contributed by atoms with Gasteiger partial charge in [0.25, 0.3) is 0 Å². The Morgan fingerprint density at radius 2 is 1.94 bits per heavy atom.